The second-order valence-electron chi connectivity index (χ2n) is 9.00. The van der Waals surface area contributed by atoms with Crippen molar-refractivity contribution in [2.24, 2.45) is 0 Å². The van der Waals surface area contributed by atoms with E-state index in [4.69, 9.17) is 9.47 Å². The molecule has 186 valence electrons. The Labute approximate surface area is 205 Å². The highest BCUT2D eigenvalue weighted by atomic mass is 32.2. The van der Waals surface area contributed by atoms with Gasteiger partial charge in [0.2, 0.25) is 10.0 Å². The zero-order valence-corrected chi connectivity index (χ0v) is 19.7. The summed E-state index contributed by atoms with van der Waals surface area (Å²) in [7, 11) is -3.69. The Bertz CT molecular complexity index is 1450. The molecule has 2 aliphatic carbocycles. The van der Waals surface area contributed by atoms with Gasteiger partial charge in [-0.15, -0.1) is 0 Å². The third kappa shape index (κ3) is 3.88. The lowest BCUT2D eigenvalue weighted by Gasteiger charge is -2.52. The maximum Gasteiger partial charge on any atom is 0.416 e. The van der Waals surface area contributed by atoms with Gasteiger partial charge in [0.25, 0.3) is 0 Å². The van der Waals surface area contributed by atoms with Crippen LogP contribution in [0.5, 0.6) is 17.5 Å². The maximum atomic E-state index is 15.3. The minimum absolute atomic E-state index is 0.0563. The van der Waals surface area contributed by atoms with Crippen molar-refractivity contribution in [3.63, 3.8) is 0 Å². The predicted octanol–water partition coefficient (Wildman–Crippen LogP) is 3.50. The standard InChI is InChI=1S/C23H21FN6O5S/c24-19-14(6-9-25-20(19)29-36(32,33)16-3-4-16)13-30-22(31)35-18-12-15(34-21-26-10-11-27-28-21)2-5-17(18)23(30)7-1-8-23/h2,5-6,9-12,16H,1,3-4,7-8,13H2,(H,25,29). The van der Waals surface area contributed by atoms with E-state index in [1.54, 1.807) is 12.1 Å². The maximum absolute atomic E-state index is 15.3. The van der Waals surface area contributed by atoms with Crippen molar-refractivity contribution >= 4 is 21.9 Å². The molecule has 3 aliphatic rings. The summed E-state index contributed by atoms with van der Waals surface area (Å²) in [5, 5.41) is 6.98. The van der Waals surface area contributed by atoms with Gasteiger partial charge in [-0.05, 0) is 50.3 Å². The number of hydrogen-bond acceptors (Lipinski definition) is 9. The highest BCUT2D eigenvalue weighted by Crippen LogP contribution is 2.53. The Morgan fingerprint density at radius 2 is 2.00 bits per heavy atom. The third-order valence-electron chi connectivity index (χ3n) is 6.74. The zero-order chi connectivity index (χ0) is 24.9. The number of anilines is 1. The first kappa shape index (κ1) is 22.6. The molecule has 2 fully saturated rings. The molecule has 3 aromatic rings. The number of nitrogens with zero attached hydrogens (tertiary/aromatic N) is 5. The Morgan fingerprint density at radius 1 is 1.17 bits per heavy atom. The molecule has 13 heteroatoms. The molecule has 6 rings (SSSR count). The SMILES string of the molecule is O=C1Oc2cc(Oc3nccnn3)ccc2C2(CCC2)N1Cc1ccnc(NS(=O)(=O)C2CC2)c1F. The molecule has 1 aliphatic heterocycles. The number of carbonyl (C=O) groups excluding carboxylic acids is 1. The van der Waals surface area contributed by atoms with E-state index in [0.29, 0.717) is 37.2 Å². The lowest BCUT2D eigenvalue weighted by molar-refractivity contribution is 0.00111. The highest BCUT2D eigenvalue weighted by molar-refractivity contribution is 7.93. The van der Waals surface area contributed by atoms with Crippen LogP contribution in [0.1, 0.15) is 43.2 Å². The van der Waals surface area contributed by atoms with E-state index in [9.17, 15) is 13.2 Å². The summed E-state index contributed by atoms with van der Waals surface area (Å²) in [4.78, 5) is 22.5. The van der Waals surface area contributed by atoms with Crippen molar-refractivity contribution in [1.82, 2.24) is 25.1 Å². The minimum atomic E-state index is -3.69. The number of nitrogens with one attached hydrogen (secondary N) is 1. The van der Waals surface area contributed by atoms with E-state index in [1.807, 2.05) is 6.07 Å². The first-order valence-corrected chi connectivity index (χ1v) is 13.0. The minimum Gasteiger partial charge on any atom is -0.423 e. The fourth-order valence-corrected chi connectivity index (χ4v) is 5.94. The van der Waals surface area contributed by atoms with Crippen molar-refractivity contribution in [2.45, 2.75) is 49.4 Å². The largest absolute Gasteiger partial charge is 0.423 e. The van der Waals surface area contributed by atoms with Crippen LogP contribution in [0, 0.1) is 5.82 Å². The van der Waals surface area contributed by atoms with E-state index >= 15 is 4.39 Å². The lowest BCUT2D eigenvalue weighted by Crippen LogP contribution is -2.57. The van der Waals surface area contributed by atoms with Crippen LogP contribution >= 0.6 is 0 Å². The van der Waals surface area contributed by atoms with Gasteiger partial charge in [-0.2, -0.15) is 5.10 Å². The number of rotatable bonds is 7. The number of amides is 1. The van der Waals surface area contributed by atoms with Crippen molar-refractivity contribution in [3.8, 4) is 17.5 Å². The average Bonchev–Trinajstić information content (AvgIpc) is 3.68. The molecular weight excluding hydrogens is 491 g/mol. The van der Waals surface area contributed by atoms with E-state index in [2.05, 4.69) is 24.9 Å². The fourth-order valence-electron chi connectivity index (χ4n) is 4.60. The number of aromatic nitrogens is 4. The average molecular weight is 513 g/mol. The molecule has 1 N–H and O–H groups in total. The topological polar surface area (TPSA) is 136 Å². The van der Waals surface area contributed by atoms with E-state index in [0.717, 1.165) is 12.0 Å². The van der Waals surface area contributed by atoms with Gasteiger partial charge in [0.15, 0.2) is 11.6 Å². The van der Waals surface area contributed by atoms with Gasteiger partial charge in [0.05, 0.1) is 29.7 Å². The molecule has 0 radical (unpaired) electrons. The van der Waals surface area contributed by atoms with E-state index in [1.165, 1.54) is 29.6 Å². The van der Waals surface area contributed by atoms with Crippen LogP contribution in [0.3, 0.4) is 0 Å². The Hall–Kier alpha value is -3.87. The van der Waals surface area contributed by atoms with Crippen LogP contribution in [-0.2, 0) is 22.1 Å². The Balaban J connectivity index is 1.28. The Morgan fingerprint density at radius 3 is 2.69 bits per heavy atom. The normalized spacial score (nSPS) is 18.2. The van der Waals surface area contributed by atoms with Crippen LogP contribution < -0.4 is 14.2 Å². The summed E-state index contributed by atoms with van der Waals surface area (Å²) in [6.07, 6.45) is 6.88. The molecule has 0 unspecified atom stereocenters. The molecule has 3 heterocycles. The number of fused-ring (bicyclic) bond motifs is 2. The zero-order valence-electron chi connectivity index (χ0n) is 18.9. The van der Waals surface area contributed by atoms with Crippen LogP contribution in [0.25, 0.3) is 0 Å². The van der Waals surface area contributed by atoms with Crippen LogP contribution in [-0.4, -0.2) is 44.8 Å². The third-order valence-corrected chi connectivity index (χ3v) is 8.57. The summed E-state index contributed by atoms with van der Waals surface area (Å²) in [6.45, 7) is -0.105. The number of ether oxygens (including phenoxy) is 2. The second kappa shape index (κ2) is 8.36. The summed E-state index contributed by atoms with van der Waals surface area (Å²) in [5.41, 5.74) is 0.257. The van der Waals surface area contributed by atoms with Crippen molar-refractivity contribution in [2.75, 3.05) is 4.72 Å². The van der Waals surface area contributed by atoms with Gasteiger partial charge in [-0.25, -0.2) is 27.6 Å². The number of benzene rings is 1. The molecule has 2 aromatic heterocycles. The number of hydrogen-bond donors (Lipinski definition) is 1. The smallest absolute Gasteiger partial charge is 0.416 e. The fraction of sp³-hybridized carbons (Fsp3) is 0.348. The van der Waals surface area contributed by atoms with Gasteiger partial charge in [-0.1, -0.05) is 5.10 Å². The van der Waals surface area contributed by atoms with Crippen molar-refractivity contribution < 1.29 is 27.1 Å². The lowest BCUT2D eigenvalue weighted by atomic mass is 9.69. The number of sulfonamides is 1. The monoisotopic (exact) mass is 512 g/mol. The molecule has 2 saturated carbocycles. The van der Waals surface area contributed by atoms with Gasteiger partial charge in [0.1, 0.15) is 11.5 Å². The Kier molecular flexibility index (Phi) is 5.25. The molecule has 1 spiro atoms. The molecule has 1 aromatic carbocycles. The number of halogens is 1. The summed E-state index contributed by atoms with van der Waals surface area (Å²) >= 11 is 0. The number of pyridine rings is 1. The summed E-state index contributed by atoms with van der Waals surface area (Å²) in [5.74, 6) is -0.446. The van der Waals surface area contributed by atoms with E-state index in [-0.39, 0.29) is 23.9 Å². The van der Waals surface area contributed by atoms with Crippen molar-refractivity contribution in [3.05, 3.63) is 59.8 Å². The predicted molar refractivity (Wildman–Crippen MR) is 123 cm³/mol. The summed E-state index contributed by atoms with van der Waals surface area (Å²) in [6, 6.07) is 6.63. The van der Waals surface area contributed by atoms with Crippen LogP contribution in [0.4, 0.5) is 15.0 Å². The second-order valence-corrected chi connectivity index (χ2v) is 11.0. The molecule has 1 amide bonds. The van der Waals surface area contributed by atoms with Gasteiger partial charge in [0, 0.05) is 23.4 Å². The van der Waals surface area contributed by atoms with Crippen molar-refractivity contribution in [1.29, 1.82) is 0 Å². The molecule has 11 nitrogen and oxygen atoms in total. The van der Waals surface area contributed by atoms with Gasteiger partial charge >= 0.3 is 12.1 Å². The number of carbonyl (C=O) groups is 1. The van der Waals surface area contributed by atoms with Crippen LogP contribution in [0.2, 0.25) is 0 Å². The quantitative estimate of drug-likeness (QED) is 0.504. The highest BCUT2D eigenvalue weighted by Gasteiger charge is 2.52. The molecular formula is C23H21FN6O5S. The first-order chi connectivity index (χ1) is 17.4. The molecule has 0 saturated heterocycles. The van der Waals surface area contributed by atoms with E-state index < -0.39 is 32.7 Å². The summed E-state index contributed by atoms with van der Waals surface area (Å²) < 4.78 is 53.3. The van der Waals surface area contributed by atoms with Gasteiger partial charge in [-0.3, -0.25) is 9.62 Å². The first-order valence-electron chi connectivity index (χ1n) is 11.5. The van der Waals surface area contributed by atoms with Crippen LogP contribution in [0.15, 0.2) is 42.9 Å². The molecule has 0 bridgehead atoms. The molecule has 36 heavy (non-hydrogen) atoms. The molecule has 0 atom stereocenters. The van der Waals surface area contributed by atoms with Gasteiger partial charge < -0.3 is 9.47 Å².